The number of hydrogen-bond acceptors (Lipinski definition) is 2. The van der Waals surface area contributed by atoms with E-state index in [4.69, 9.17) is 11.6 Å². The van der Waals surface area contributed by atoms with E-state index in [1.54, 1.807) is 12.3 Å². The fraction of sp³-hybridized carbons (Fsp3) is 0.100. The van der Waals surface area contributed by atoms with Crippen LogP contribution in [-0.4, -0.2) is 11.0 Å². The molecule has 0 aliphatic rings. The van der Waals surface area contributed by atoms with Crippen LogP contribution in [0.2, 0.25) is 5.02 Å². The van der Waals surface area contributed by atoms with Crippen molar-refractivity contribution >= 4 is 29.0 Å². The predicted octanol–water partition coefficient (Wildman–Crippen LogP) is 5.61. The van der Waals surface area contributed by atoms with Crippen molar-refractivity contribution in [2.24, 2.45) is 0 Å². The SMILES string of the molecule is CCc1ccc(NC(=O)Nc2cccc(-c3ccc(Cl)cn3)c2)cc1. The number of carbonyl (C=O) groups excluding carboxylic acids is 1. The zero-order chi connectivity index (χ0) is 17.6. The number of aromatic nitrogens is 1. The number of urea groups is 1. The Morgan fingerprint density at radius 2 is 1.76 bits per heavy atom. The zero-order valence-electron chi connectivity index (χ0n) is 13.8. The van der Waals surface area contributed by atoms with Crippen LogP contribution in [0.3, 0.4) is 0 Å². The molecule has 0 unspecified atom stereocenters. The Kier molecular flexibility index (Phi) is 5.31. The minimum absolute atomic E-state index is 0.287. The summed E-state index contributed by atoms with van der Waals surface area (Å²) in [5.74, 6) is 0. The zero-order valence-corrected chi connectivity index (χ0v) is 14.5. The molecule has 3 rings (SSSR count). The maximum Gasteiger partial charge on any atom is 0.323 e. The maximum absolute atomic E-state index is 12.2. The number of amides is 2. The second-order valence-corrected chi connectivity index (χ2v) is 6.01. The first-order valence-corrected chi connectivity index (χ1v) is 8.41. The van der Waals surface area contributed by atoms with Crippen LogP contribution in [0.5, 0.6) is 0 Å². The molecule has 5 heteroatoms. The lowest BCUT2D eigenvalue weighted by Gasteiger charge is -2.09. The molecule has 2 N–H and O–H groups in total. The Morgan fingerprint density at radius 3 is 2.44 bits per heavy atom. The number of nitrogens with one attached hydrogen (secondary N) is 2. The number of anilines is 2. The van der Waals surface area contributed by atoms with Crippen molar-refractivity contribution in [1.82, 2.24) is 4.98 Å². The Morgan fingerprint density at radius 1 is 1.00 bits per heavy atom. The van der Waals surface area contributed by atoms with Crippen LogP contribution in [0.4, 0.5) is 16.2 Å². The van der Waals surface area contributed by atoms with E-state index in [-0.39, 0.29) is 6.03 Å². The fourth-order valence-electron chi connectivity index (χ4n) is 2.42. The number of carbonyl (C=O) groups is 1. The van der Waals surface area contributed by atoms with Gasteiger partial charge in [-0.05, 0) is 48.4 Å². The molecular formula is C20H18ClN3O. The van der Waals surface area contributed by atoms with Gasteiger partial charge in [0.25, 0.3) is 0 Å². The summed E-state index contributed by atoms with van der Waals surface area (Å²) in [6, 6.07) is 18.7. The second-order valence-electron chi connectivity index (χ2n) is 5.57. The van der Waals surface area contributed by atoms with Crippen molar-refractivity contribution < 1.29 is 4.79 Å². The van der Waals surface area contributed by atoms with Crippen LogP contribution < -0.4 is 10.6 Å². The molecule has 0 fully saturated rings. The lowest BCUT2D eigenvalue weighted by atomic mass is 10.1. The van der Waals surface area contributed by atoms with E-state index in [2.05, 4.69) is 22.5 Å². The molecule has 0 saturated carbocycles. The first kappa shape index (κ1) is 17.0. The first-order valence-electron chi connectivity index (χ1n) is 8.03. The standard InChI is InChI=1S/C20H18ClN3O/c1-2-14-6-9-17(10-7-14)23-20(25)24-18-5-3-4-15(12-18)19-11-8-16(21)13-22-19/h3-13H,2H2,1H3,(H2,23,24,25). The summed E-state index contributed by atoms with van der Waals surface area (Å²) in [4.78, 5) is 16.5. The van der Waals surface area contributed by atoms with Crippen molar-refractivity contribution in [1.29, 1.82) is 0 Å². The third-order valence-corrected chi connectivity index (χ3v) is 3.99. The molecule has 0 saturated heterocycles. The van der Waals surface area contributed by atoms with E-state index < -0.39 is 0 Å². The van der Waals surface area contributed by atoms with Gasteiger partial charge in [-0.25, -0.2) is 4.79 Å². The van der Waals surface area contributed by atoms with Crippen molar-refractivity contribution in [2.45, 2.75) is 13.3 Å². The number of pyridine rings is 1. The highest BCUT2D eigenvalue weighted by molar-refractivity contribution is 6.30. The molecule has 1 aromatic heterocycles. The van der Waals surface area contributed by atoms with Gasteiger partial charge in [-0.3, -0.25) is 4.98 Å². The van der Waals surface area contributed by atoms with Crippen LogP contribution in [-0.2, 0) is 6.42 Å². The van der Waals surface area contributed by atoms with Crippen LogP contribution in [0.25, 0.3) is 11.3 Å². The van der Waals surface area contributed by atoms with Gasteiger partial charge in [0.15, 0.2) is 0 Å². The first-order chi connectivity index (χ1) is 12.1. The van der Waals surface area contributed by atoms with Gasteiger partial charge in [0.05, 0.1) is 10.7 Å². The van der Waals surface area contributed by atoms with E-state index in [9.17, 15) is 4.79 Å². The van der Waals surface area contributed by atoms with Gasteiger partial charge in [0.1, 0.15) is 0 Å². The van der Waals surface area contributed by atoms with E-state index in [1.165, 1.54) is 5.56 Å². The summed E-state index contributed by atoms with van der Waals surface area (Å²) in [5, 5.41) is 6.25. The Balaban J connectivity index is 1.68. The number of aryl methyl sites for hydroxylation is 1. The lowest BCUT2D eigenvalue weighted by molar-refractivity contribution is 0.262. The van der Waals surface area contributed by atoms with Crippen LogP contribution >= 0.6 is 11.6 Å². The highest BCUT2D eigenvalue weighted by atomic mass is 35.5. The normalized spacial score (nSPS) is 10.3. The van der Waals surface area contributed by atoms with E-state index in [0.717, 1.165) is 23.4 Å². The molecule has 126 valence electrons. The molecular weight excluding hydrogens is 334 g/mol. The molecule has 2 aromatic carbocycles. The van der Waals surface area contributed by atoms with E-state index in [0.29, 0.717) is 10.7 Å². The maximum atomic E-state index is 12.2. The summed E-state index contributed by atoms with van der Waals surface area (Å²) in [6.45, 7) is 2.09. The number of hydrogen-bond donors (Lipinski definition) is 2. The van der Waals surface area contributed by atoms with Crippen molar-refractivity contribution in [3.8, 4) is 11.3 Å². The van der Waals surface area contributed by atoms with Gasteiger partial charge in [-0.2, -0.15) is 0 Å². The molecule has 0 aliphatic heterocycles. The average molecular weight is 352 g/mol. The smallest absolute Gasteiger partial charge is 0.308 e. The van der Waals surface area contributed by atoms with Gasteiger partial charge in [-0.15, -0.1) is 0 Å². The van der Waals surface area contributed by atoms with Gasteiger partial charge in [0, 0.05) is 23.1 Å². The largest absolute Gasteiger partial charge is 0.323 e. The second kappa shape index (κ2) is 7.81. The summed E-state index contributed by atoms with van der Waals surface area (Å²) >= 11 is 5.87. The molecule has 25 heavy (non-hydrogen) atoms. The Bertz CT molecular complexity index is 861. The third-order valence-electron chi connectivity index (χ3n) is 3.76. The highest BCUT2D eigenvalue weighted by Crippen LogP contribution is 2.22. The fourth-order valence-corrected chi connectivity index (χ4v) is 2.53. The Hall–Kier alpha value is -2.85. The monoisotopic (exact) mass is 351 g/mol. The number of rotatable bonds is 4. The van der Waals surface area contributed by atoms with Crippen molar-refractivity contribution in [3.05, 3.63) is 77.4 Å². The topological polar surface area (TPSA) is 54.0 Å². The molecule has 3 aromatic rings. The summed E-state index contributed by atoms with van der Waals surface area (Å²) < 4.78 is 0. The van der Waals surface area contributed by atoms with Crippen molar-refractivity contribution in [3.63, 3.8) is 0 Å². The van der Waals surface area contributed by atoms with Crippen molar-refractivity contribution in [2.75, 3.05) is 10.6 Å². The van der Waals surface area contributed by atoms with Gasteiger partial charge in [0.2, 0.25) is 0 Å². The molecule has 2 amide bonds. The highest BCUT2D eigenvalue weighted by Gasteiger charge is 2.05. The number of halogens is 1. The molecule has 0 radical (unpaired) electrons. The van der Waals surface area contributed by atoms with E-state index >= 15 is 0 Å². The van der Waals surface area contributed by atoms with Gasteiger partial charge in [-0.1, -0.05) is 42.8 Å². The number of benzene rings is 2. The summed E-state index contributed by atoms with van der Waals surface area (Å²) in [6.07, 6.45) is 2.57. The summed E-state index contributed by atoms with van der Waals surface area (Å²) in [7, 11) is 0. The molecule has 0 spiro atoms. The van der Waals surface area contributed by atoms with Crippen LogP contribution in [0, 0.1) is 0 Å². The molecule has 0 aliphatic carbocycles. The lowest BCUT2D eigenvalue weighted by Crippen LogP contribution is -2.19. The van der Waals surface area contributed by atoms with E-state index in [1.807, 2.05) is 54.6 Å². The van der Waals surface area contributed by atoms with Crippen LogP contribution in [0.1, 0.15) is 12.5 Å². The molecule has 0 bridgehead atoms. The third kappa shape index (κ3) is 4.58. The Labute approximate surface area is 151 Å². The quantitative estimate of drug-likeness (QED) is 0.642. The molecule has 1 heterocycles. The average Bonchev–Trinajstić information content (AvgIpc) is 2.63. The molecule has 4 nitrogen and oxygen atoms in total. The summed E-state index contributed by atoms with van der Waals surface area (Å²) in [5.41, 5.74) is 4.38. The predicted molar refractivity (Wildman–Crippen MR) is 103 cm³/mol. The van der Waals surface area contributed by atoms with Crippen LogP contribution in [0.15, 0.2) is 66.9 Å². The van der Waals surface area contributed by atoms with Gasteiger partial charge < -0.3 is 10.6 Å². The number of nitrogens with zero attached hydrogens (tertiary/aromatic N) is 1. The minimum Gasteiger partial charge on any atom is -0.308 e. The van der Waals surface area contributed by atoms with Gasteiger partial charge >= 0.3 is 6.03 Å². The minimum atomic E-state index is -0.287. The molecule has 0 atom stereocenters.